The maximum Gasteiger partial charge on any atom is 0.328 e. The molecule has 0 amide bonds. The van der Waals surface area contributed by atoms with E-state index >= 15 is 0 Å². The fraction of sp³-hybridized carbons (Fsp3) is 0.238. The second kappa shape index (κ2) is 11.3. The molecular formula is C21H24FN3O6S. The Kier molecular flexibility index (Phi) is 8.73. The number of rotatable bonds is 7. The molecule has 2 aromatic rings. The monoisotopic (exact) mass is 465 g/mol. The molecule has 0 atom stereocenters. The molecule has 0 spiro atoms. The number of nitrogens with zero attached hydrogens (tertiary/aromatic N) is 1. The summed E-state index contributed by atoms with van der Waals surface area (Å²) in [5, 5.41) is 21.6. The average molecular weight is 466 g/mol. The molecule has 0 radical (unpaired) electrons. The smallest absolute Gasteiger partial charge is 0.328 e. The van der Waals surface area contributed by atoms with Crippen molar-refractivity contribution in [2.24, 2.45) is 0 Å². The van der Waals surface area contributed by atoms with Crippen molar-refractivity contribution in [1.29, 1.82) is 0 Å². The van der Waals surface area contributed by atoms with E-state index in [1.807, 2.05) is 0 Å². The van der Waals surface area contributed by atoms with Crippen LogP contribution >= 0.6 is 0 Å². The molecule has 0 aliphatic carbocycles. The highest BCUT2D eigenvalue weighted by atomic mass is 32.2. The molecule has 4 N–H and O–H groups in total. The van der Waals surface area contributed by atoms with E-state index in [0.29, 0.717) is 35.7 Å². The fourth-order valence-electron chi connectivity index (χ4n) is 2.96. The first-order chi connectivity index (χ1) is 15.2. The van der Waals surface area contributed by atoms with Crippen LogP contribution in [0.4, 0.5) is 4.39 Å². The molecular weight excluding hydrogens is 441 g/mol. The van der Waals surface area contributed by atoms with Crippen LogP contribution < -0.4 is 10.6 Å². The molecule has 2 heterocycles. The van der Waals surface area contributed by atoms with Gasteiger partial charge in [-0.1, -0.05) is 12.1 Å². The Bertz CT molecular complexity index is 1120. The Labute approximate surface area is 184 Å². The van der Waals surface area contributed by atoms with Crippen molar-refractivity contribution in [2.45, 2.75) is 19.4 Å². The van der Waals surface area contributed by atoms with Gasteiger partial charge in [-0.25, -0.2) is 26.4 Å². The summed E-state index contributed by atoms with van der Waals surface area (Å²) in [6, 6.07) is 7.92. The maximum atomic E-state index is 14.2. The van der Waals surface area contributed by atoms with Crippen LogP contribution in [0.1, 0.15) is 18.4 Å². The molecule has 3 rings (SSSR count). The molecule has 1 aliphatic rings. The van der Waals surface area contributed by atoms with E-state index in [4.69, 9.17) is 10.2 Å². The van der Waals surface area contributed by atoms with Crippen molar-refractivity contribution in [3.8, 4) is 11.3 Å². The summed E-state index contributed by atoms with van der Waals surface area (Å²) in [6.07, 6.45) is 5.45. The number of allylic oxidation sites excluding steroid dienone is 1. The minimum absolute atomic E-state index is 0.271. The first-order valence-electron chi connectivity index (χ1n) is 9.59. The molecule has 11 heteroatoms. The predicted molar refractivity (Wildman–Crippen MR) is 117 cm³/mol. The third-order valence-corrected chi connectivity index (χ3v) is 6.14. The minimum atomic E-state index is -3.73. The summed E-state index contributed by atoms with van der Waals surface area (Å²) in [5.74, 6) is -2.96. The van der Waals surface area contributed by atoms with Gasteiger partial charge in [-0.05, 0) is 43.7 Å². The van der Waals surface area contributed by atoms with E-state index in [1.54, 1.807) is 43.7 Å². The van der Waals surface area contributed by atoms with Crippen molar-refractivity contribution in [2.75, 3.05) is 13.6 Å². The number of hydrogen-bond donors (Lipinski definition) is 4. The Morgan fingerprint density at radius 2 is 1.88 bits per heavy atom. The quantitative estimate of drug-likeness (QED) is 0.457. The molecule has 32 heavy (non-hydrogen) atoms. The number of carbonyl (C=O) groups is 2. The summed E-state index contributed by atoms with van der Waals surface area (Å²) in [4.78, 5) is 19.4. The van der Waals surface area contributed by atoms with Crippen LogP contribution in [0.3, 0.4) is 0 Å². The highest BCUT2D eigenvalue weighted by Crippen LogP contribution is 2.30. The van der Waals surface area contributed by atoms with Gasteiger partial charge in [-0.3, -0.25) is 0 Å². The van der Waals surface area contributed by atoms with Crippen molar-refractivity contribution in [1.82, 2.24) is 14.6 Å². The van der Waals surface area contributed by atoms with Crippen LogP contribution in [0.2, 0.25) is 0 Å². The molecule has 0 unspecified atom stereocenters. The molecule has 1 aromatic heterocycles. The molecule has 0 fully saturated rings. The van der Waals surface area contributed by atoms with Gasteiger partial charge in [-0.2, -0.15) is 0 Å². The van der Waals surface area contributed by atoms with Crippen molar-refractivity contribution in [3.05, 3.63) is 71.2 Å². The van der Waals surface area contributed by atoms with Crippen LogP contribution in [-0.4, -0.2) is 48.1 Å². The fourth-order valence-corrected chi connectivity index (χ4v) is 4.53. The molecule has 0 saturated heterocycles. The molecule has 9 nitrogen and oxygen atoms in total. The van der Waals surface area contributed by atoms with Gasteiger partial charge in [0, 0.05) is 43.2 Å². The number of aliphatic carboxylic acids is 2. The van der Waals surface area contributed by atoms with Gasteiger partial charge in [0.1, 0.15) is 5.82 Å². The SMILES string of the molecule is CNCc1cc(-c2ccccc2F)n(S(=O)(=O)C2=CNCCC2)c1.O=C(O)/C=C/C(=O)O. The third kappa shape index (κ3) is 6.53. The van der Waals surface area contributed by atoms with Gasteiger partial charge in [0.2, 0.25) is 0 Å². The lowest BCUT2D eigenvalue weighted by atomic mass is 10.1. The second-order valence-corrected chi connectivity index (χ2v) is 8.59. The van der Waals surface area contributed by atoms with E-state index in [2.05, 4.69) is 10.6 Å². The van der Waals surface area contributed by atoms with E-state index in [1.165, 1.54) is 10.0 Å². The lowest BCUT2D eigenvalue weighted by molar-refractivity contribution is -0.134. The van der Waals surface area contributed by atoms with Gasteiger partial charge in [0.05, 0.1) is 10.6 Å². The summed E-state index contributed by atoms with van der Waals surface area (Å²) in [5.41, 5.74) is 1.39. The summed E-state index contributed by atoms with van der Waals surface area (Å²) in [7, 11) is -1.95. The molecule has 0 bridgehead atoms. The lowest BCUT2D eigenvalue weighted by Gasteiger charge is -2.17. The standard InChI is InChI=1S/C17H20FN3O2S.C4H4O4/c1-19-10-13-9-17(15-6-2-3-7-16(15)18)21(12-13)24(22,23)14-5-4-8-20-11-14;5-3(6)1-2-4(7)8/h2-3,6-7,9,11-12,19-20H,4-5,8,10H2,1H3;1-2H,(H,5,6)(H,7,8)/b;2-1+. The van der Waals surface area contributed by atoms with Crippen LogP contribution in [-0.2, 0) is 26.2 Å². The van der Waals surface area contributed by atoms with E-state index in [9.17, 15) is 22.4 Å². The first-order valence-corrected chi connectivity index (χ1v) is 11.0. The van der Waals surface area contributed by atoms with Crippen LogP contribution in [0, 0.1) is 5.82 Å². The number of halogens is 1. The van der Waals surface area contributed by atoms with Gasteiger partial charge in [-0.15, -0.1) is 0 Å². The molecule has 1 aromatic carbocycles. The number of nitrogens with one attached hydrogen (secondary N) is 2. The Morgan fingerprint density at radius 3 is 2.41 bits per heavy atom. The van der Waals surface area contributed by atoms with E-state index in [0.717, 1.165) is 18.5 Å². The number of carboxylic acid groups (broad SMARTS) is 2. The van der Waals surface area contributed by atoms with E-state index < -0.39 is 27.8 Å². The van der Waals surface area contributed by atoms with Crippen molar-refractivity contribution in [3.63, 3.8) is 0 Å². The van der Waals surface area contributed by atoms with Crippen LogP contribution in [0.15, 0.2) is 59.8 Å². The van der Waals surface area contributed by atoms with Crippen LogP contribution in [0.25, 0.3) is 11.3 Å². The first kappa shape index (κ1) is 24.8. The molecule has 1 aliphatic heterocycles. The molecule has 172 valence electrons. The highest BCUT2D eigenvalue weighted by Gasteiger charge is 2.26. The number of benzene rings is 1. The number of carboxylic acids is 2. The molecule has 0 saturated carbocycles. The van der Waals surface area contributed by atoms with Crippen molar-refractivity contribution < 1.29 is 32.6 Å². The maximum absolute atomic E-state index is 14.2. The third-order valence-electron chi connectivity index (χ3n) is 4.34. The summed E-state index contributed by atoms with van der Waals surface area (Å²) >= 11 is 0. The zero-order valence-corrected chi connectivity index (χ0v) is 18.1. The summed E-state index contributed by atoms with van der Waals surface area (Å²) in [6.45, 7) is 1.26. The van der Waals surface area contributed by atoms with E-state index in [-0.39, 0.29) is 5.56 Å². The van der Waals surface area contributed by atoms with Crippen molar-refractivity contribution >= 4 is 22.0 Å². The highest BCUT2D eigenvalue weighted by molar-refractivity contribution is 7.93. The summed E-state index contributed by atoms with van der Waals surface area (Å²) < 4.78 is 41.5. The lowest BCUT2D eigenvalue weighted by Crippen LogP contribution is -2.22. The zero-order valence-electron chi connectivity index (χ0n) is 17.3. The van der Waals surface area contributed by atoms with Crippen LogP contribution in [0.5, 0.6) is 0 Å². The number of aromatic nitrogens is 1. The Hall–Kier alpha value is -3.44. The second-order valence-electron chi connectivity index (χ2n) is 6.72. The van der Waals surface area contributed by atoms with Gasteiger partial charge in [0.15, 0.2) is 0 Å². The Balaban J connectivity index is 0.000000390. The van der Waals surface area contributed by atoms with Gasteiger partial charge >= 0.3 is 11.9 Å². The predicted octanol–water partition coefficient (Wildman–Crippen LogP) is 2.13. The Morgan fingerprint density at radius 1 is 1.22 bits per heavy atom. The minimum Gasteiger partial charge on any atom is -0.478 e. The van der Waals surface area contributed by atoms with Gasteiger partial charge < -0.3 is 20.8 Å². The van der Waals surface area contributed by atoms with Gasteiger partial charge in [0.25, 0.3) is 10.0 Å². The average Bonchev–Trinajstić information content (AvgIpc) is 3.18. The largest absolute Gasteiger partial charge is 0.478 e. The zero-order chi connectivity index (χ0) is 23.7. The topological polar surface area (TPSA) is 138 Å². The normalized spacial score (nSPS) is 13.6. The number of hydrogen-bond acceptors (Lipinski definition) is 6.